The Balaban J connectivity index is 2.95. The Hall–Kier alpha value is -2.22. The summed E-state index contributed by atoms with van der Waals surface area (Å²) in [6.07, 6.45) is 5.52. The Kier molecular flexibility index (Phi) is 3.94. The van der Waals surface area contributed by atoms with Gasteiger partial charge in [-0.3, -0.25) is 4.79 Å². The van der Waals surface area contributed by atoms with Crippen LogP contribution in [-0.4, -0.2) is 28.5 Å². The van der Waals surface area contributed by atoms with Crippen molar-refractivity contribution in [2.75, 3.05) is 6.54 Å². The molecule has 0 spiro atoms. The predicted octanol–water partition coefficient (Wildman–Crippen LogP) is 1.08. The molecule has 3 N–H and O–H groups in total. The van der Waals surface area contributed by atoms with Crippen molar-refractivity contribution in [3.63, 3.8) is 0 Å². The Morgan fingerprint density at radius 2 is 2.12 bits per heavy atom. The summed E-state index contributed by atoms with van der Waals surface area (Å²) in [7, 11) is 0. The molecule has 1 aromatic rings. The number of aryl methyl sites for hydroxylation is 1. The van der Waals surface area contributed by atoms with Crippen LogP contribution in [0.4, 0.5) is 0 Å². The van der Waals surface area contributed by atoms with Crippen molar-refractivity contribution in [1.82, 2.24) is 10.3 Å². The molecule has 5 nitrogen and oxygen atoms in total. The highest BCUT2D eigenvalue weighted by Crippen LogP contribution is 2.17. The molecule has 1 heterocycles. The third-order valence-electron chi connectivity index (χ3n) is 2.43. The molecule has 0 unspecified atom stereocenters. The summed E-state index contributed by atoms with van der Waals surface area (Å²) in [5.41, 5.74) is 1.40. The Morgan fingerprint density at radius 1 is 1.47 bits per heavy atom. The lowest BCUT2D eigenvalue weighted by Crippen LogP contribution is -2.25. The number of rotatable bonds is 4. The summed E-state index contributed by atoms with van der Waals surface area (Å²) < 4.78 is 0. The normalized spacial score (nSPS) is 9.71. The summed E-state index contributed by atoms with van der Waals surface area (Å²) in [4.78, 5) is 25.4. The molecule has 0 bridgehead atoms. The number of terminal acetylenes is 1. The van der Waals surface area contributed by atoms with Gasteiger partial charge in [0, 0.05) is 18.7 Å². The van der Waals surface area contributed by atoms with Crippen molar-refractivity contribution < 1.29 is 14.7 Å². The number of carboxylic acid groups (broad SMARTS) is 1. The van der Waals surface area contributed by atoms with Crippen LogP contribution in [0.1, 0.15) is 38.5 Å². The minimum absolute atomic E-state index is 0.0459. The fraction of sp³-hybridized carbons (Fsp3) is 0.333. The van der Waals surface area contributed by atoms with Crippen molar-refractivity contribution >= 4 is 11.9 Å². The van der Waals surface area contributed by atoms with E-state index in [1.54, 1.807) is 13.8 Å². The zero-order valence-corrected chi connectivity index (χ0v) is 9.76. The summed E-state index contributed by atoms with van der Waals surface area (Å²) in [5.74, 6) is 1.03. The zero-order chi connectivity index (χ0) is 13.0. The number of carbonyl (C=O) groups is 2. The van der Waals surface area contributed by atoms with Crippen molar-refractivity contribution in [3.05, 3.63) is 22.5 Å². The third-order valence-corrected chi connectivity index (χ3v) is 2.43. The van der Waals surface area contributed by atoms with Crippen LogP contribution in [-0.2, 0) is 0 Å². The van der Waals surface area contributed by atoms with E-state index < -0.39 is 5.97 Å². The summed E-state index contributed by atoms with van der Waals surface area (Å²) in [6, 6.07) is 0. The summed E-state index contributed by atoms with van der Waals surface area (Å²) >= 11 is 0. The zero-order valence-electron chi connectivity index (χ0n) is 9.76. The van der Waals surface area contributed by atoms with E-state index in [-0.39, 0.29) is 11.6 Å². The average molecular weight is 234 g/mol. The van der Waals surface area contributed by atoms with Gasteiger partial charge < -0.3 is 15.4 Å². The molecule has 0 aromatic carbocycles. The van der Waals surface area contributed by atoms with Crippen LogP contribution in [0.15, 0.2) is 0 Å². The van der Waals surface area contributed by atoms with Gasteiger partial charge >= 0.3 is 5.97 Å². The Labute approximate surface area is 99.2 Å². The van der Waals surface area contributed by atoms with Crippen molar-refractivity contribution in [2.45, 2.75) is 20.3 Å². The van der Waals surface area contributed by atoms with Crippen molar-refractivity contribution in [2.24, 2.45) is 0 Å². The predicted molar refractivity (Wildman–Crippen MR) is 63.0 cm³/mol. The lowest BCUT2D eigenvalue weighted by molar-refractivity contribution is 0.0690. The lowest BCUT2D eigenvalue weighted by Gasteiger charge is -2.03. The minimum Gasteiger partial charge on any atom is -0.477 e. The van der Waals surface area contributed by atoms with Crippen molar-refractivity contribution in [1.29, 1.82) is 0 Å². The summed E-state index contributed by atoms with van der Waals surface area (Å²) in [5, 5.41) is 11.5. The molecule has 90 valence electrons. The molecule has 17 heavy (non-hydrogen) atoms. The maximum Gasteiger partial charge on any atom is 0.352 e. The van der Waals surface area contributed by atoms with E-state index in [9.17, 15) is 9.59 Å². The van der Waals surface area contributed by atoms with Crippen LogP contribution in [0.2, 0.25) is 0 Å². The Bertz CT molecular complexity index is 495. The lowest BCUT2D eigenvalue weighted by atomic mass is 10.1. The molecule has 5 heteroatoms. The molecular weight excluding hydrogens is 220 g/mol. The van der Waals surface area contributed by atoms with E-state index >= 15 is 0 Å². The van der Waals surface area contributed by atoms with Crippen LogP contribution in [0.5, 0.6) is 0 Å². The van der Waals surface area contributed by atoms with Crippen LogP contribution in [0.3, 0.4) is 0 Å². The molecule has 1 amide bonds. The maximum atomic E-state index is 11.8. The van der Waals surface area contributed by atoms with Gasteiger partial charge in [-0.2, -0.15) is 0 Å². The molecule has 0 aliphatic heterocycles. The number of amides is 1. The molecule has 1 aromatic heterocycles. The number of aromatic carboxylic acids is 1. The van der Waals surface area contributed by atoms with E-state index in [0.717, 1.165) is 0 Å². The van der Waals surface area contributed by atoms with E-state index in [0.29, 0.717) is 29.8 Å². The van der Waals surface area contributed by atoms with E-state index in [1.807, 2.05) is 0 Å². The quantitative estimate of drug-likeness (QED) is 0.538. The fourth-order valence-corrected chi connectivity index (χ4v) is 1.64. The molecule has 0 saturated carbocycles. The number of aromatic amines is 1. The van der Waals surface area contributed by atoms with Gasteiger partial charge in [-0.1, -0.05) is 0 Å². The number of carboxylic acids is 1. The van der Waals surface area contributed by atoms with Crippen LogP contribution in [0.25, 0.3) is 0 Å². The average Bonchev–Trinajstić information content (AvgIpc) is 2.54. The number of carbonyl (C=O) groups excluding carboxylic acids is 1. The van der Waals surface area contributed by atoms with Gasteiger partial charge in [-0.15, -0.1) is 12.3 Å². The first-order chi connectivity index (χ1) is 7.99. The number of hydrogen-bond acceptors (Lipinski definition) is 2. The molecule has 0 aliphatic carbocycles. The van der Waals surface area contributed by atoms with E-state index in [4.69, 9.17) is 11.5 Å². The monoisotopic (exact) mass is 234 g/mol. The van der Waals surface area contributed by atoms with E-state index in [1.165, 1.54) is 0 Å². The first-order valence-corrected chi connectivity index (χ1v) is 5.13. The highest BCUT2D eigenvalue weighted by Gasteiger charge is 2.20. The van der Waals surface area contributed by atoms with Gasteiger partial charge in [0.05, 0.1) is 5.56 Å². The van der Waals surface area contributed by atoms with Gasteiger partial charge in [-0.25, -0.2) is 4.79 Å². The largest absolute Gasteiger partial charge is 0.477 e. The second-order valence-corrected chi connectivity index (χ2v) is 3.64. The van der Waals surface area contributed by atoms with Gasteiger partial charge in [0.25, 0.3) is 5.91 Å². The number of aromatic nitrogens is 1. The topological polar surface area (TPSA) is 82.2 Å². The first kappa shape index (κ1) is 12.8. The van der Waals surface area contributed by atoms with E-state index in [2.05, 4.69) is 16.2 Å². The standard InChI is InChI=1S/C12H14N2O3/c1-4-5-6-13-11(15)9-7(2)10(12(16)17)14-8(9)3/h1,14H,5-6H2,2-3H3,(H,13,15)(H,16,17). The van der Waals surface area contributed by atoms with Crippen LogP contribution < -0.4 is 5.32 Å². The van der Waals surface area contributed by atoms with Crippen LogP contribution >= 0.6 is 0 Å². The molecule has 0 aliphatic rings. The highest BCUT2D eigenvalue weighted by atomic mass is 16.4. The number of hydrogen-bond donors (Lipinski definition) is 3. The van der Waals surface area contributed by atoms with Crippen LogP contribution in [0, 0.1) is 26.2 Å². The Morgan fingerprint density at radius 3 is 2.59 bits per heavy atom. The first-order valence-electron chi connectivity index (χ1n) is 5.13. The number of nitrogens with one attached hydrogen (secondary N) is 2. The van der Waals surface area contributed by atoms with Gasteiger partial charge in [0.15, 0.2) is 0 Å². The maximum absolute atomic E-state index is 11.8. The highest BCUT2D eigenvalue weighted by molar-refractivity contribution is 6.00. The minimum atomic E-state index is -1.08. The van der Waals surface area contributed by atoms with Crippen molar-refractivity contribution in [3.8, 4) is 12.3 Å². The number of H-pyrrole nitrogens is 1. The van der Waals surface area contributed by atoms with Gasteiger partial charge in [0.1, 0.15) is 5.69 Å². The second kappa shape index (κ2) is 5.21. The molecule has 0 saturated heterocycles. The SMILES string of the molecule is C#CCCNC(=O)c1c(C)[nH]c(C(=O)O)c1C. The molecular formula is C12H14N2O3. The smallest absolute Gasteiger partial charge is 0.352 e. The van der Waals surface area contributed by atoms with Gasteiger partial charge in [0.2, 0.25) is 0 Å². The second-order valence-electron chi connectivity index (χ2n) is 3.64. The van der Waals surface area contributed by atoms with Gasteiger partial charge in [-0.05, 0) is 19.4 Å². The third kappa shape index (κ3) is 2.67. The molecule has 0 radical (unpaired) electrons. The summed E-state index contributed by atoms with van der Waals surface area (Å²) in [6.45, 7) is 3.64. The molecule has 1 rings (SSSR count). The fourth-order valence-electron chi connectivity index (χ4n) is 1.64. The molecule has 0 fully saturated rings. The molecule has 0 atom stereocenters.